The van der Waals surface area contributed by atoms with E-state index < -0.39 is 0 Å². The van der Waals surface area contributed by atoms with Crippen LogP contribution in [0.15, 0.2) is 0 Å². The Bertz CT molecular complexity index is 225. The first-order valence-electron chi connectivity index (χ1n) is 8.47. The SMILES string of the molecule is CCCCOC1CCC(C2CCC(OC)CC2)CC1. The maximum absolute atomic E-state index is 5.97. The van der Waals surface area contributed by atoms with Gasteiger partial charge in [0, 0.05) is 13.7 Å². The summed E-state index contributed by atoms with van der Waals surface area (Å²) >= 11 is 0. The van der Waals surface area contributed by atoms with Crippen LogP contribution in [0.25, 0.3) is 0 Å². The van der Waals surface area contributed by atoms with E-state index in [9.17, 15) is 0 Å². The molecular weight excluding hydrogens is 236 g/mol. The fourth-order valence-corrected chi connectivity index (χ4v) is 3.92. The predicted octanol–water partition coefficient (Wildman–Crippen LogP) is 4.57. The standard InChI is InChI=1S/C17H32O2/c1-3-4-13-19-17-11-7-15(8-12-17)14-5-9-16(18-2)10-6-14/h14-17H,3-13H2,1-2H3. The van der Waals surface area contributed by atoms with Crippen LogP contribution < -0.4 is 0 Å². The maximum Gasteiger partial charge on any atom is 0.0575 e. The molecule has 0 aromatic carbocycles. The molecule has 2 nitrogen and oxygen atoms in total. The molecule has 0 N–H and O–H groups in total. The summed E-state index contributed by atoms with van der Waals surface area (Å²) in [6.45, 7) is 3.21. The zero-order chi connectivity index (χ0) is 13.5. The van der Waals surface area contributed by atoms with E-state index in [2.05, 4.69) is 6.92 Å². The molecule has 0 amide bonds. The topological polar surface area (TPSA) is 18.5 Å². The van der Waals surface area contributed by atoms with Gasteiger partial charge in [-0.15, -0.1) is 0 Å². The third kappa shape index (κ3) is 4.75. The van der Waals surface area contributed by atoms with Crippen LogP contribution in [-0.4, -0.2) is 25.9 Å². The maximum atomic E-state index is 5.97. The number of rotatable bonds is 6. The number of ether oxygens (including phenoxy) is 2. The molecule has 0 aliphatic heterocycles. The van der Waals surface area contributed by atoms with E-state index in [-0.39, 0.29) is 0 Å². The molecule has 0 aromatic heterocycles. The minimum atomic E-state index is 0.546. The lowest BCUT2D eigenvalue weighted by Gasteiger charge is -2.37. The highest BCUT2D eigenvalue weighted by molar-refractivity contribution is 4.82. The molecule has 0 bridgehead atoms. The molecule has 0 spiro atoms. The van der Waals surface area contributed by atoms with Crippen molar-refractivity contribution in [3.05, 3.63) is 0 Å². The average Bonchev–Trinajstić information content (AvgIpc) is 2.48. The molecule has 2 heteroatoms. The molecule has 2 rings (SSSR count). The predicted molar refractivity (Wildman–Crippen MR) is 79.4 cm³/mol. The third-order valence-electron chi connectivity index (χ3n) is 5.29. The molecule has 2 aliphatic carbocycles. The van der Waals surface area contributed by atoms with Gasteiger partial charge in [0.15, 0.2) is 0 Å². The van der Waals surface area contributed by atoms with Gasteiger partial charge in [0.1, 0.15) is 0 Å². The Labute approximate surface area is 119 Å². The Hall–Kier alpha value is -0.0800. The lowest BCUT2D eigenvalue weighted by molar-refractivity contribution is -0.00199. The quantitative estimate of drug-likeness (QED) is 0.657. The van der Waals surface area contributed by atoms with Crippen LogP contribution in [0.4, 0.5) is 0 Å². The molecule has 0 aromatic rings. The van der Waals surface area contributed by atoms with E-state index in [1.165, 1.54) is 64.2 Å². The molecule has 112 valence electrons. The summed E-state index contributed by atoms with van der Waals surface area (Å²) in [6, 6.07) is 0. The van der Waals surface area contributed by atoms with Gasteiger partial charge in [-0.1, -0.05) is 13.3 Å². The summed E-state index contributed by atoms with van der Waals surface area (Å²) in [5.41, 5.74) is 0. The highest BCUT2D eigenvalue weighted by Gasteiger charge is 2.30. The van der Waals surface area contributed by atoms with Crippen molar-refractivity contribution in [2.24, 2.45) is 11.8 Å². The number of unbranched alkanes of at least 4 members (excludes halogenated alkanes) is 1. The second kappa shape index (κ2) is 8.26. The van der Waals surface area contributed by atoms with Crippen molar-refractivity contribution in [1.29, 1.82) is 0 Å². The van der Waals surface area contributed by atoms with Gasteiger partial charge in [-0.25, -0.2) is 0 Å². The van der Waals surface area contributed by atoms with Gasteiger partial charge in [0.2, 0.25) is 0 Å². The van der Waals surface area contributed by atoms with Crippen LogP contribution >= 0.6 is 0 Å². The summed E-state index contributed by atoms with van der Waals surface area (Å²) in [7, 11) is 1.86. The van der Waals surface area contributed by atoms with Crippen molar-refractivity contribution in [2.75, 3.05) is 13.7 Å². The number of hydrogen-bond donors (Lipinski definition) is 0. The largest absolute Gasteiger partial charge is 0.381 e. The van der Waals surface area contributed by atoms with Crippen molar-refractivity contribution >= 4 is 0 Å². The molecule has 2 aliphatic rings. The van der Waals surface area contributed by atoms with Crippen molar-refractivity contribution in [1.82, 2.24) is 0 Å². The van der Waals surface area contributed by atoms with E-state index >= 15 is 0 Å². The Morgan fingerprint density at radius 3 is 1.79 bits per heavy atom. The fourth-order valence-electron chi connectivity index (χ4n) is 3.92. The van der Waals surface area contributed by atoms with Gasteiger partial charge in [-0.2, -0.15) is 0 Å². The zero-order valence-corrected chi connectivity index (χ0v) is 12.9. The highest BCUT2D eigenvalue weighted by atomic mass is 16.5. The molecule has 2 fully saturated rings. The van der Waals surface area contributed by atoms with Crippen LogP contribution in [0.1, 0.15) is 71.1 Å². The lowest BCUT2D eigenvalue weighted by atomic mass is 9.72. The number of hydrogen-bond acceptors (Lipinski definition) is 2. The summed E-state index contributed by atoms with van der Waals surface area (Å²) in [5, 5.41) is 0. The zero-order valence-electron chi connectivity index (χ0n) is 12.9. The fraction of sp³-hybridized carbons (Fsp3) is 1.00. The van der Waals surface area contributed by atoms with Gasteiger partial charge >= 0.3 is 0 Å². The molecule has 0 radical (unpaired) electrons. The second-order valence-electron chi connectivity index (χ2n) is 6.53. The van der Waals surface area contributed by atoms with Gasteiger partial charge < -0.3 is 9.47 Å². The molecule has 2 saturated carbocycles. The van der Waals surface area contributed by atoms with Crippen molar-refractivity contribution in [3.8, 4) is 0 Å². The first-order chi connectivity index (χ1) is 9.33. The van der Waals surface area contributed by atoms with Gasteiger partial charge in [0.05, 0.1) is 12.2 Å². The summed E-state index contributed by atoms with van der Waals surface area (Å²) in [4.78, 5) is 0. The van der Waals surface area contributed by atoms with Crippen LogP contribution in [0.3, 0.4) is 0 Å². The van der Waals surface area contributed by atoms with Gasteiger partial charge in [-0.05, 0) is 69.6 Å². The molecule has 0 heterocycles. The Morgan fingerprint density at radius 1 is 0.789 bits per heavy atom. The smallest absolute Gasteiger partial charge is 0.0575 e. The van der Waals surface area contributed by atoms with E-state index in [4.69, 9.17) is 9.47 Å². The normalized spacial score (nSPS) is 36.3. The van der Waals surface area contributed by atoms with Crippen LogP contribution in [0, 0.1) is 11.8 Å². The monoisotopic (exact) mass is 268 g/mol. The van der Waals surface area contributed by atoms with Crippen LogP contribution in [0.2, 0.25) is 0 Å². The van der Waals surface area contributed by atoms with Crippen molar-refractivity contribution < 1.29 is 9.47 Å². The minimum absolute atomic E-state index is 0.546. The molecular formula is C17H32O2. The Kier molecular flexibility index (Phi) is 6.66. The van der Waals surface area contributed by atoms with Crippen molar-refractivity contribution in [2.45, 2.75) is 83.3 Å². The van der Waals surface area contributed by atoms with E-state index in [0.29, 0.717) is 12.2 Å². The van der Waals surface area contributed by atoms with Crippen LogP contribution in [-0.2, 0) is 9.47 Å². The average molecular weight is 268 g/mol. The second-order valence-corrected chi connectivity index (χ2v) is 6.53. The summed E-state index contributed by atoms with van der Waals surface area (Å²) < 4.78 is 11.5. The summed E-state index contributed by atoms with van der Waals surface area (Å²) in [6.07, 6.45) is 14.4. The highest BCUT2D eigenvalue weighted by Crippen LogP contribution is 2.39. The molecule has 19 heavy (non-hydrogen) atoms. The van der Waals surface area contributed by atoms with Gasteiger partial charge in [0.25, 0.3) is 0 Å². The Morgan fingerprint density at radius 2 is 1.32 bits per heavy atom. The molecule has 0 unspecified atom stereocenters. The minimum Gasteiger partial charge on any atom is -0.381 e. The first-order valence-corrected chi connectivity index (χ1v) is 8.47. The first kappa shape index (κ1) is 15.3. The molecule has 0 atom stereocenters. The van der Waals surface area contributed by atoms with E-state index in [1.54, 1.807) is 0 Å². The summed E-state index contributed by atoms with van der Waals surface area (Å²) in [5.74, 6) is 1.95. The van der Waals surface area contributed by atoms with E-state index in [0.717, 1.165) is 18.4 Å². The van der Waals surface area contributed by atoms with E-state index in [1.807, 2.05) is 7.11 Å². The van der Waals surface area contributed by atoms with Gasteiger partial charge in [-0.3, -0.25) is 0 Å². The third-order valence-corrected chi connectivity index (χ3v) is 5.29. The number of methoxy groups -OCH3 is 1. The molecule has 0 saturated heterocycles. The van der Waals surface area contributed by atoms with Crippen molar-refractivity contribution in [3.63, 3.8) is 0 Å². The van der Waals surface area contributed by atoms with Crippen LogP contribution in [0.5, 0.6) is 0 Å². The lowest BCUT2D eigenvalue weighted by Crippen LogP contribution is -2.30. The Balaban J connectivity index is 1.63.